The van der Waals surface area contributed by atoms with E-state index < -0.39 is 29.3 Å². The molecule has 1 aromatic rings. The molecule has 0 spiro atoms. The van der Waals surface area contributed by atoms with Gasteiger partial charge in [-0.1, -0.05) is 0 Å². The molecule has 0 saturated heterocycles. The zero-order valence-corrected chi connectivity index (χ0v) is 11.0. The Balaban J connectivity index is 2.86. The van der Waals surface area contributed by atoms with Crippen molar-refractivity contribution in [2.24, 2.45) is 0 Å². The maximum atomic E-state index is 12.3. The quantitative estimate of drug-likeness (QED) is 0.862. The van der Waals surface area contributed by atoms with Crippen LogP contribution in [-0.2, 0) is 15.7 Å². The van der Waals surface area contributed by atoms with Crippen molar-refractivity contribution in [3.8, 4) is 0 Å². The van der Waals surface area contributed by atoms with Crippen LogP contribution in [0, 0.1) is 0 Å². The van der Waals surface area contributed by atoms with Gasteiger partial charge in [-0.15, -0.1) is 0 Å². The monoisotopic (exact) mass is 290 g/mol. The Morgan fingerprint density at radius 2 is 1.85 bits per heavy atom. The van der Waals surface area contributed by atoms with Crippen molar-refractivity contribution < 1.29 is 27.5 Å². The number of amides is 1. The van der Waals surface area contributed by atoms with E-state index in [1.807, 2.05) is 0 Å². The first kappa shape index (κ1) is 15.9. The van der Waals surface area contributed by atoms with Gasteiger partial charge in [0.1, 0.15) is 11.2 Å². The largest absolute Gasteiger partial charge is 0.467 e. The summed E-state index contributed by atoms with van der Waals surface area (Å²) in [5.74, 6) is -1.40. The summed E-state index contributed by atoms with van der Waals surface area (Å²) in [5, 5.41) is 2.35. The number of rotatable bonds is 3. The lowest BCUT2D eigenvalue weighted by molar-refractivity contribution is -0.146. The molecule has 0 fully saturated rings. The van der Waals surface area contributed by atoms with Crippen LogP contribution in [0.1, 0.15) is 29.9 Å². The molecule has 0 aliphatic heterocycles. The highest BCUT2D eigenvalue weighted by Crippen LogP contribution is 2.27. The summed E-state index contributed by atoms with van der Waals surface area (Å²) in [6, 6.07) is 1.68. The number of alkyl halides is 3. The summed E-state index contributed by atoms with van der Waals surface area (Å²) >= 11 is 0. The number of nitrogens with one attached hydrogen (secondary N) is 1. The zero-order chi connectivity index (χ0) is 15.6. The molecule has 1 heterocycles. The normalized spacial score (nSPS) is 11.9. The van der Waals surface area contributed by atoms with Gasteiger partial charge in [-0.2, -0.15) is 13.2 Å². The lowest BCUT2D eigenvalue weighted by Crippen LogP contribution is -2.50. The van der Waals surface area contributed by atoms with E-state index in [0.717, 1.165) is 19.4 Å². The molecule has 1 aromatic heterocycles. The Morgan fingerprint density at radius 3 is 2.25 bits per heavy atom. The molecule has 0 atom stereocenters. The summed E-state index contributed by atoms with van der Waals surface area (Å²) in [7, 11) is 1.16. The number of pyridine rings is 1. The molecule has 0 unspecified atom stereocenters. The second kappa shape index (κ2) is 5.48. The van der Waals surface area contributed by atoms with Crippen molar-refractivity contribution in [2.75, 3.05) is 7.11 Å². The van der Waals surface area contributed by atoms with E-state index in [1.165, 1.54) is 13.8 Å². The molecule has 0 aromatic carbocycles. The molecule has 0 saturated carbocycles. The van der Waals surface area contributed by atoms with Crippen LogP contribution < -0.4 is 5.32 Å². The Hall–Kier alpha value is -2.12. The Labute approximate surface area is 113 Å². The van der Waals surface area contributed by atoms with Gasteiger partial charge in [0.25, 0.3) is 5.91 Å². The van der Waals surface area contributed by atoms with Crippen LogP contribution in [0.5, 0.6) is 0 Å². The molecular weight excluding hydrogens is 277 g/mol. The molecule has 110 valence electrons. The predicted octanol–water partition coefficient (Wildman–Crippen LogP) is 1.78. The molecule has 1 N–H and O–H groups in total. The van der Waals surface area contributed by atoms with Crippen LogP contribution in [0.4, 0.5) is 13.2 Å². The van der Waals surface area contributed by atoms with Gasteiger partial charge in [-0.3, -0.25) is 9.78 Å². The highest BCUT2D eigenvalue weighted by molar-refractivity contribution is 5.97. The summed E-state index contributed by atoms with van der Waals surface area (Å²) in [5.41, 5.74) is -2.48. The average molecular weight is 290 g/mol. The Morgan fingerprint density at radius 1 is 1.25 bits per heavy atom. The fourth-order valence-electron chi connectivity index (χ4n) is 1.36. The maximum absolute atomic E-state index is 12.3. The van der Waals surface area contributed by atoms with E-state index in [4.69, 9.17) is 0 Å². The number of hydrogen-bond donors (Lipinski definition) is 1. The van der Waals surface area contributed by atoms with Crippen LogP contribution in [0.25, 0.3) is 0 Å². The topological polar surface area (TPSA) is 68.3 Å². The van der Waals surface area contributed by atoms with E-state index in [1.54, 1.807) is 0 Å². The number of esters is 1. The van der Waals surface area contributed by atoms with Crippen LogP contribution in [0.2, 0.25) is 0 Å². The highest BCUT2D eigenvalue weighted by Gasteiger charge is 2.33. The number of halogens is 3. The van der Waals surface area contributed by atoms with Crippen LogP contribution in [0.15, 0.2) is 18.3 Å². The van der Waals surface area contributed by atoms with Gasteiger partial charge in [0.05, 0.1) is 12.7 Å². The van der Waals surface area contributed by atoms with Crippen molar-refractivity contribution in [3.63, 3.8) is 0 Å². The molecule has 1 amide bonds. The first-order valence-electron chi connectivity index (χ1n) is 5.52. The Kier molecular flexibility index (Phi) is 4.36. The summed E-state index contributed by atoms with van der Waals surface area (Å²) < 4.78 is 41.5. The van der Waals surface area contributed by atoms with Crippen molar-refractivity contribution in [2.45, 2.75) is 25.6 Å². The van der Waals surface area contributed by atoms with Crippen molar-refractivity contribution in [3.05, 3.63) is 29.6 Å². The fourth-order valence-corrected chi connectivity index (χ4v) is 1.36. The second-order valence-electron chi connectivity index (χ2n) is 4.50. The van der Waals surface area contributed by atoms with Gasteiger partial charge >= 0.3 is 12.1 Å². The van der Waals surface area contributed by atoms with Crippen molar-refractivity contribution >= 4 is 11.9 Å². The molecule has 0 bridgehead atoms. The maximum Gasteiger partial charge on any atom is 0.433 e. The number of carbonyl (C=O) groups is 2. The van der Waals surface area contributed by atoms with E-state index >= 15 is 0 Å². The number of carbonyl (C=O) groups excluding carboxylic acids is 2. The minimum Gasteiger partial charge on any atom is -0.467 e. The van der Waals surface area contributed by atoms with Gasteiger partial charge in [0.2, 0.25) is 0 Å². The molecule has 0 aliphatic carbocycles. The summed E-state index contributed by atoms with van der Waals surface area (Å²) in [4.78, 5) is 26.4. The van der Waals surface area contributed by atoms with Gasteiger partial charge in [-0.25, -0.2) is 4.79 Å². The predicted molar refractivity (Wildman–Crippen MR) is 62.8 cm³/mol. The van der Waals surface area contributed by atoms with E-state index in [-0.39, 0.29) is 5.56 Å². The van der Waals surface area contributed by atoms with Crippen LogP contribution in [0.3, 0.4) is 0 Å². The molecule has 8 heteroatoms. The fraction of sp³-hybridized carbons (Fsp3) is 0.417. The summed E-state index contributed by atoms with van der Waals surface area (Å²) in [6.07, 6.45) is -3.77. The third-order valence-electron chi connectivity index (χ3n) is 2.44. The van der Waals surface area contributed by atoms with Gasteiger partial charge < -0.3 is 10.1 Å². The molecular formula is C12H13F3N2O3. The molecule has 0 aliphatic rings. The number of nitrogens with zero attached hydrogens (tertiary/aromatic N) is 1. The van der Waals surface area contributed by atoms with Gasteiger partial charge in [0, 0.05) is 6.20 Å². The number of aromatic nitrogens is 1. The smallest absolute Gasteiger partial charge is 0.433 e. The minimum absolute atomic E-state index is 0.0880. The standard InChI is InChI=1S/C12H13F3N2O3/c1-11(2,10(19)20-3)17-9(18)7-4-5-8(16-6-7)12(13,14)15/h4-6H,1-3H3,(H,17,18). The highest BCUT2D eigenvalue weighted by atomic mass is 19.4. The number of methoxy groups -OCH3 is 1. The lowest BCUT2D eigenvalue weighted by Gasteiger charge is -2.23. The van der Waals surface area contributed by atoms with Gasteiger partial charge in [0.15, 0.2) is 0 Å². The van der Waals surface area contributed by atoms with Crippen LogP contribution >= 0.6 is 0 Å². The summed E-state index contributed by atoms with van der Waals surface area (Å²) in [6.45, 7) is 2.82. The average Bonchev–Trinajstić information content (AvgIpc) is 2.36. The first-order valence-corrected chi connectivity index (χ1v) is 5.52. The van der Waals surface area contributed by atoms with E-state index in [2.05, 4.69) is 15.0 Å². The van der Waals surface area contributed by atoms with Gasteiger partial charge in [-0.05, 0) is 26.0 Å². The van der Waals surface area contributed by atoms with Crippen molar-refractivity contribution in [1.29, 1.82) is 0 Å². The second-order valence-corrected chi connectivity index (χ2v) is 4.50. The SMILES string of the molecule is COC(=O)C(C)(C)NC(=O)c1ccc(C(F)(F)F)nc1. The molecule has 5 nitrogen and oxygen atoms in total. The molecule has 0 radical (unpaired) electrons. The van der Waals surface area contributed by atoms with Crippen LogP contribution in [-0.4, -0.2) is 29.5 Å². The number of hydrogen-bond acceptors (Lipinski definition) is 4. The first-order chi connectivity index (χ1) is 9.08. The zero-order valence-electron chi connectivity index (χ0n) is 11.0. The Bertz CT molecular complexity index is 510. The molecule has 1 rings (SSSR count). The minimum atomic E-state index is -4.57. The van der Waals surface area contributed by atoms with E-state index in [9.17, 15) is 22.8 Å². The van der Waals surface area contributed by atoms with E-state index in [0.29, 0.717) is 6.07 Å². The van der Waals surface area contributed by atoms with Crippen molar-refractivity contribution in [1.82, 2.24) is 10.3 Å². The lowest BCUT2D eigenvalue weighted by atomic mass is 10.1. The number of ether oxygens (including phenoxy) is 1. The molecule has 20 heavy (non-hydrogen) atoms. The third kappa shape index (κ3) is 3.69. The third-order valence-corrected chi connectivity index (χ3v) is 2.44.